The molecule has 3 N–H and O–H groups in total. The fourth-order valence-electron chi connectivity index (χ4n) is 2.15. The number of phenolic OH excluding ortho intramolecular Hbond substituents is 1. The van der Waals surface area contributed by atoms with Gasteiger partial charge >= 0.3 is 0 Å². The van der Waals surface area contributed by atoms with E-state index >= 15 is 0 Å². The molecule has 0 saturated heterocycles. The number of aromatic hydroxyl groups is 1. The Labute approximate surface area is 108 Å². The van der Waals surface area contributed by atoms with Crippen LogP contribution in [0.1, 0.15) is 18.4 Å². The van der Waals surface area contributed by atoms with E-state index in [2.05, 4.69) is 15.3 Å². The van der Waals surface area contributed by atoms with Crippen molar-refractivity contribution in [3.05, 3.63) is 52.3 Å². The molecule has 1 saturated carbocycles. The highest BCUT2D eigenvalue weighted by Gasteiger charge is 2.47. The number of hydrogen-bond acceptors (Lipinski definition) is 4. The number of benzene rings is 1. The van der Waals surface area contributed by atoms with Gasteiger partial charge in [-0.15, -0.1) is 0 Å². The number of H-pyrrole nitrogens is 1. The first kappa shape index (κ1) is 11.7. The first-order valence-corrected chi connectivity index (χ1v) is 5.92. The molecule has 5 nitrogen and oxygen atoms in total. The van der Waals surface area contributed by atoms with Crippen LogP contribution in [-0.4, -0.2) is 15.1 Å². The molecule has 1 aliphatic rings. The highest BCUT2D eigenvalue weighted by molar-refractivity contribution is 5.49. The lowest BCUT2D eigenvalue weighted by Gasteiger charge is -2.19. The minimum Gasteiger partial charge on any atom is -0.508 e. The van der Waals surface area contributed by atoms with Crippen LogP contribution in [0.5, 0.6) is 5.75 Å². The van der Waals surface area contributed by atoms with E-state index in [1.54, 1.807) is 0 Å². The quantitative estimate of drug-likeness (QED) is 0.786. The maximum atomic E-state index is 13.3. The van der Waals surface area contributed by atoms with Gasteiger partial charge in [0, 0.05) is 18.0 Å². The minimum absolute atomic E-state index is 0.0127. The van der Waals surface area contributed by atoms with E-state index in [1.807, 2.05) is 0 Å². The molecule has 19 heavy (non-hydrogen) atoms. The van der Waals surface area contributed by atoms with Crippen LogP contribution >= 0.6 is 0 Å². The summed E-state index contributed by atoms with van der Waals surface area (Å²) in [4.78, 5) is 18.1. The zero-order valence-electron chi connectivity index (χ0n) is 9.98. The fourth-order valence-corrected chi connectivity index (χ4v) is 2.15. The second-order valence-corrected chi connectivity index (χ2v) is 4.64. The summed E-state index contributed by atoms with van der Waals surface area (Å²) < 4.78 is 13.3. The summed E-state index contributed by atoms with van der Waals surface area (Å²) in [6.07, 6.45) is 4.32. The van der Waals surface area contributed by atoms with E-state index in [0.717, 1.165) is 0 Å². The molecule has 0 radical (unpaired) electrons. The van der Waals surface area contributed by atoms with Gasteiger partial charge in [0.1, 0.15) is 11.6 Å². The molecular weight excluding hydrogens is 249 g/mol. The number of hydrogen-bond donors (Lipinski definition) is 3. The van der Waals surface area contributed by atoms with Crippen molar-refractivity contribution in [3.63, 3.8) is 0 Å². The van der Waals surface area contributed by atoms with Crippen LogP contribution in [0.2, 0.25) is 0 Å². The van der Waals surface area contributed by atoms with Crippen molar-refractivity contribution in [1.82, 2.24) is 9.97 Å². The molecule has 1 aromatic carbocycles. The Balaban J connectivity index is 1.98. The normalized spacial score (nSPS) is 16.1. The minimum atomic E-state index is -0.604. The lowest BCUT2D eigenvalue weighted by atomic mass is 10.0. The van der Waals surface area contributed by atoms with Gasteiger partial charge in [-0.3, -0.25) is 4.79 Å². The first-order chi connectivity index (χ1) is 9.11. The second-order valence-electron chi connectivity index (χ2n) is 4.64. The SMILES string of the molecule is O=c1[nH]ccnc1NC1(c2cc(F)ccc2O)CC1. The van der Waals surface area contributed by atoms with Crippen molar-refractivity contribution in [3.8, 4) is 5.75 Å². The number of rotatable bonds is 3. The Morgan fingerprint density at radius 3 is 2.89 bits per heavy atom. The summed E-state index contributed by atoms with van der Waals surface area (Å²) in [6, 6.07) is 3.80. The summed E-state index contributed by atoms with van der Waals surface area (Å²) in [7, 11) is 0. The maximum Gasteiger partial charge on any atom is 0.290 e. The highest BCUT2D eigenvalue weighted by Crippen LogP contribution is 2.50. The van der Waals surface area contributed by atoms with E-state index in [4.69, 9.17) is 0 Å². The van der Waals surface area contributed by atoms with E-state index in [9.17, 15) is 14.3 Å². The monoisotopic (exact) mass is 261 g/mol. The average molecular weight is 261 g/mol. The van der Waals surface area contributed by atoms with E-state index < -0.39 is 11.4 Å². The van der Waals surface area contributed by atoms with Crippen molar-refractivity contribution >= 4 is 5.82 Å². The van der Waals surface area contributed by atoms with Crippen LogP contribution in [0.4, 0.5) is 10.2 Å². The number of phenols is 1. The first-order valence-electron chi connectivity index (χ1n) is 5.92. The standard InChI is InChI=1S/C13H12FN3O2/c14-8-1-2-10(18)9(7-8)13(3-4-13)17-11-12(19)16-6-5-15-11/h1-2,5-7,18H,3-4H2,(H,15,17)(H,16,19). The van der Waals surface area contributed by atoms with Gasteiger partial charge in [0.2, 0.25) is 0 Å². The zero-order chi connectivity index (χ0) is 13.5. The third-order valence-electron chi connectivity index (χ3n) is 3.29. The number of anilines is 1. The molecule has 0 spiro atoms. The third kappa shape index (κ3) is 2.05. The number of nitrogens with one attached hydrogen (secondary N) is 2. The topological polar surface area (TPSA) is 78.0 Å². The molecule has 2 aromatic rings. The summed E-state index contributed by atoms with van der Waals surface area (Å²) in [5.41, 5.74) is -0.490. The molecule has 0 amide bonds. The molecule has 98 valence electrons. The van der Waals surface area contributed by atoms with Gasteiger partial charge in [0.05, 0.1) is 5.54 Å². The summed E-state index contributed by atoms with van der Waals surface area (Å²) in [6.45, 7) is 0. The molecule has 1 aromatic heterocycles. The largest absolute Gasteiger partial charge is 0.508 e. The maximum absolute atomic E-state index is 13.3. The van der Waals surface area contributed by atoms with Gasteiger partial charge in [-0.25, -0.2) is 9.37 Å². The Kier molecular flexibility index (Phi) is 2.51. The van der Waals surface area contributed by atoms with Gasteiger partial charge in [0.15, 0.2) is 5.82 Å². The van der Waals surface area contributed by atoms with Gasteiger partial charge in [-0.1, -0.05) is 0 Å². The third-order valence-corrected chi connectivity index (χ3v) is 3.29. The smallest absolute Gasteiger partial charge is 0.290 e. The van der Waals surface area contributed by atoms with Gasteiger partial charge < -0.3 is 15.4 Å². The van der Waals surface area contributed by atoms with Gasteiger partial charge in [-0.05, 0) is 31.0 Å². The van der Waals surface area contributed by atoms with E-state index in [-0.39, 0.29) is 17.1 Å². The Hall–Kier alpha value is -2.37. The van der Waals surface area contributed by atoms with E-state index in [0.29, 0.717) is 18.4 Å². The molecule has 3 rings (SSSR count). The Bertz CT molecular complexity index is 680. The molecule has 0 aliphatic heterocycles. The zero-order valence-corrected chi connectivity index (χ0v) is 9.98. The fraction of sp³-hybridized carbons (Fsp3) is 0.231. The van der Waals surface area contributed by atoms with Crippen LogP contribution in [0.25, 0.3) is 0 Å². The summed E-state index contributed by atoms with van der Waals surface area (Å²) in [5, 5.41) is 12.8. The highest BCUT2D eigenvalue weighted by atomic mass is 19.1. The molecule has 1 aliphatic carbocycles. The second kappa shape index (κ2) is 4.08. The predicted molar refractivity (Wildman–Crippen MR) is 67.5 cm³/mol. The summed E-state index contributed by atoms with van der Waals surface area (Å²) in [5.74, 6) is -0.238. The van der Waals surface area contributed by atoms with Crippen molar-refractivity contribution in [1.29, 1.82) is 0 Å². The number of nitrogens with zero attached hydrogens (tertiary/aromatic N) is 1. The van der Waals surface area contributed by atoms with Crippen molar-refractivity contribution in [2.75, 3.05) is 5.32 Å². The molecule has 6 heteroatoms. The van der Waals surface area contributed by atoms with Gasteiger partial charge in [0.25, 0.3) is 5.56 Å². The molecular formula is C13H12FN3O2. The Morgan fingerprint density at radius 2 is 2.21 bits per heavy atom. The Morgan fingerprint density at radius 1 is 1.42 bits per heavy atom. The van der Waals surface area contributed by atoms with Crippen LogP contribution in [0.3, 0.4) is 0 Å². The van der Waals surface area contributed by atoms with Crippen LogP contribution in [0.15, 0.2) is 35.4 Å². The molecule has 0 bridgehead atoms. The van der Waals surface area contributed by atoms with Gasteiger partial charge in [-0.2, -0.15) is 0 Å². The number of halogens is 1. The number of aromatic nitrogens is 2. The van der Waals surface area contributed by atoms with Crippen LogP contribution < -0.4 is 10.9 Å². The van der Waals surface area contributed by atoms with E-state index in [1.165, 1.54) is 30.6 Å². The summed E-state index contributed by atoms with van der Waals surface area (Å²) >= 11 is 0. The van der Waals surface area contributed by atoms with Crippen LogP contribution in [-0.2, 0) is 5.54 Å². The number of aromatic amines is 1. The molecule has 0 atom stereocenters. The molecule has 1 heterocycles. The van der Waals surface area contributed by atoms with Crippen molar-refractivity contribution in [2.45, 2.75) is 18.4 Å². The van der Waals surface area contributed by atoms with Crippen LogP contribution in [0, 0.1) is 5.82 Å². The van der Waals surface area contributed by atoms with Crippen molar-refractivity contribution < 1.29 is 9.50 Å². The van der Waals surface area contributed by atoms with Crippen molar-refractivity contribution in [2.24, 2.45) is 0 Å². The molecule has 1 fully saturated rings. The lowest BCUT2D eigenvalue weighted by molar-refractivity contribution is 0.459. The predicted octanol–water partition coefficient (Wildman–Crippen LogP) is 1.72. The lowest BCUT2D eigenvalue weighted by Crippen LogP contribution is -2.25. The molecule has 0 unspecified atom stereocenters. The average Bonchev–Trinajstić information content (AvgIpc) is 3.16.